The first-order chi connectivity index (χ1) is 8.60. The number of ether oxygens (including phenoxy) is 2. The number of carbonyl (C=O) groups excluding carboxylic acids is 1. The summed E-state index contributed by atoms with van der Waals surface area (Å²) in [5.41, 5.74) is 0.672. The van der Waals surface area contributed by atoms with E-state index in [2.05, 4.69) is 0 Å². The van der Waals surface area contributed by atoms with Crippen molar-refractivity contribution < 1.29 is 14.3 Å². The summed E-state index contributed by atoms with van der Waals surface area (Å²) in [5, 5.41) is 0. The van der Waals surface area contributed by atoms with E-state index < -0.39 is 0 Å². The van der Waals surface area contributed by atoms with Crippen LogP contribution in [0.3, 0.4) is 0 Å². The van der Waals surface area contributed by atoms with Gasteiger partial charge in [0.15, 0.2) is 5.78 Å². The highest BCUT2D eigenvalue weighted by Gasteiger charge is 2.23. The molecule has 0 saturated carbocycles. The number of carbonyl (C=O) groups is 1. The summed E-state index contributed by atoms with van der Waals surface area (Å²) in [6.07, 6.45) is -0.368. The van der Waals surface area contributed by atoms with E-state index in [1.165, 1.54) is 0 Å². The van der Waals surface area contributed by atoms with E-state index >= 15 is 0 Å². The summed E-state index contributed by atoms with van der Waals surface area (Å²) < 4.78 is 10.9. The van der Waals surface area contributed by atoms with E-state index in [0.29, 0.717) is 18.8 Å². The summed E-state index contributed by atoms with van der Waals surface area (Å²) >= 11 is 0. The van der Waals surface area contributed by atoms with Crippen LogP contribution in [0.15, 0.2) is 24.3 Å². The maximum absolute atomic E-state index is 12.3. The number of benzene rings is 1. The van der Waals surface area contributed by atoms with Crippen molar-refractivity contribution in [3.63, 3.8) is 0 Å². The number of Topliss-reactive ketones (excluding diaryl/α,β-unsaturated/α-hetero) is 1. The lowest BCUT2D eigenvalue weighted by atomic mass is 9.97. The molecule has 0 amide bonds. The first-order valence-electron chi connectivity index (χ1n) is 6.48. The zero-order valence-corrected chi connectivity index (χ0v) is 11.6. The minimum absolute atomic E-state index is 0.0369. The molecule has 100 valence electrons. The van der Waals surface area contributed by atoms with Crippen LogP contribution in [0.1, 0.15) is 38.1 Å². The summed E-state index contributed by atoms with van der Waals surface area (Å²) in [7, 11) is 0. The standard InChI is InChI=1S/C15H22O3/c1-5-17-13-9-7-12(8-10-13)14(16)15(11(3)4)18-6-2/h7-11,15H,5-6H2,1-4H3. The van der Waals surface area contributed by atoms with Crippen LogP contribution in [0.2, 0.25) is 0 Å². The molecular weight excluding hydrogens is 228 g/mol. The molecule has 0 N–H and O–H groups in total. The Labute approximate surface area is 109 Å². The zero-order valence-electron chi connectivity index (χ0n) is 11.6. The summed E-state index contributed by atoms with van der Waals surface area (Å²) in [6, 6.07) is 7.23. The van der Waals surface area contributed by atoms with Crippen molar-refractivity contribution in [2.45, 2.75) is 33.8 Å². The molecule has 1 atom stereocenters. The SMILES string of the molecule is CCOc1ccc(C(=O)C(OCC)C(C)C)cc1. The topological polar surface area (TPSA) is 35.5 Å². The summed E-state index contributed by atoms with van der Waals surface area (Å²) in [5.74, 6) is 0.991. The first-order valence-corrected chi connectivity index (χ1v) is 6.48. The predicted molar refractivity (Wildman–Crippen MR) is 72.2 cm³/mol. The molecule has 1 aromatic rings. The zero-order chi connectivity index (χ0) is 13.5. The molecular formula is C15H22O3. The van der Waals surface area contributed by atoms with Crippen molar-refractivity contribution >= 4 is 5.78 Å². The highest BCUT2D eigenvalue weighted by atomic mass is 16.5. The van der Waals surface area contributed by atoms with Gasteiger partial charge in [-0.25, -0.2) is 0 Å². The van der Waals surface area contributed by atoms with Crippen LogP contribution in [0, 0.1) is 5.92 Å². The van der Waals surface area contributed by atoms with E-state index in [9.17, 15) is 4.79 Å². The van der Waals surface area contributed by atoms with Gasteiger partial charge in [0.25, 0.3) is 0 Å². The fourth-order valence-electron chi connectivity index (χ4n) is 1.80. The molecule has 18 heavy (non-hydrogen) atoms. The number of ketones is 1. The maximum atomic E-state index is 12.3. The van der Waals surface area contributed by atoms with Gasteiger partial charge < -0.3 is 9.47 Å². The smallest absolute Gasteiger partial charge is 0.191 e. The van der Waals surface area contributed by atoms with Gasteiger partial charge in [-0.15, -0.1) is 0 Å². The van der Waals surface area contributed by atoms with Crippen LogP contribution >= 0.6 is 0 Å². The number of hydrogen-bond acceptors (Lipinski definition) is 3. The summed E-state index contributed by atoms with van der Waals surface area (Å²) in [4.78, 5) is 12.3. The Kier molecular flexibility index (Phi) is 5.86. The average molecular weight is 250 g/mol. The third-order valence-corrected chi connectivity index (χ3v) is 2.66. The fourth-order valence-corrected chi connectivity index (χ4v) is 1.80. The second-order valence-corrected chi connectivity index (χ2v) is 4.44. The Bertz CT molecular complexity index is 368. The van der Waals surface area contributed by atoms with Crippen LogP contribution in [0.25, 0.3) is 0 Å². The Hall–Kier alpha value is -1.35. The highest BCUT2D eigenvalue weighted by molar-refractivity contribution is 5.99. The molecule has 1 unspecified atom stereocenters. The molecule has 0 aliphatic heterocycles. The van der Waals surface area contributed by atoms with Gasteiger partial charge in [-0.3, -0.25) is 4.79 Å². The van der Waals surface area contributed by atoms with Crippen molar-refractivity contribution in [3.05, 3.63) is 29.8 Å². The van der Waals surface area contributed by atoms with Gasteiger partial charge >= 0.3 is 0 Å². The van der Waals surface area contributed by atoms with Crippen molar-refractivity contribution in [3.8, 4) is 5.75 Å². The lowest BCUT2D eigenvalue weighted by Gasteiger charge is -2.19. The molecule has 3 nitrogen and oxygen atoms in total. The number of hydrogen-bond donors (Lipinski definition) is 0. The molecule has 0 heterocycles. The van der Waals surface area contributed by atoms with Crippen LogP contribution < -0.4 is 4.74 Å². The van der Waals surface area contributed by atoms with Crippen LogP contribution in [0.4, 0.5) is 0 Å². The molecule has 0 radical (unpaired) electrons. The monoisotopic (exact) mass is 250 g/mol. The van der Waals surface area contributed by atoms with Crippen LogP contribution in [-0.4, -0.2) is 25.1 Å². The van der Waals surface area contributed by atoms with E-state index in [4.69, 9.17) is 9.47 Å². The molecule has 0 bridgehead atoms. The molecule has 0 saturated heterocycles. The van der Waals surface area contributed by atoms with E-state index in [-0.39, 0.29) is 17.8 Å². The average Bonchev–Trinajstić information content (AvgIpc) is 2.36. The van der Waals surface area contributed by atoms with Gasteiger partial charge in [-0.05, 0) is 44.0 Å². The third kappa shape index (κ3) is 3.84. The van der Waals surface area contributed by atoms with E-state index in [1.54, 1.807) is 12.1 Å². The highest BCUT2D eigenvalue weighted by Crippen LogP contribution is 2.17. The van der Waals surface area contributed by atoms with Crippen molar-refractivity contribution in [1.82, 2.24) is 0 Å². The minimum Gasteiger partial charge on any atom is -0.494 e. The van der Waals surface area contributed by atoms with Crippen LogP contribution in [-0.2, 0) is 4.74 Å². The Morgan fingerprint density at radius 3 is 2.17 bits per heavy atom. The second-order valence-electron chi connectivity index (χ2n) is 4.44. The third-order valence-electron chi connectivity index (χ3n) is 2.66. The van der Waals surface area contributed by atoms with Crippen molar-refractivity contribution in [2.24, 2.45) is 5.92 Å². The Balaban J connectivity index is 2.81. The lowest BCUT2D eigenvalue weighted by molar-refractivity contribution is 0.0279. The maximum Gasteiger partial charge on any atom is 0.191 e. The second kappa shape index (κ2) is 7.17. The summed E-state index contributed by atoms with van der Waals surface area (Å²) in [6.45, 7) is 9.00. The van der Waals surface area contributed by atoms with Gasteiger partial charge in [0.1, 0.15) is 11.9 Å². The molecule has 1 rings (SSSR count). The van der Waals surface area contributed by atoms with Gasteiger partial charge in [-0.1, -0.05) is 13.8 Å². The molecule has 0 aromatic heterocycles. The first kappa shape index (κ1) is 14.7. The van der Waals surface area contributed by atoms with Gasteiger partial charge in [0.05, 0.1) is 6.61 Å². The predicted octanol–water partition coefficient (Wildman–Crippen LogP) is 3.33. The normalized spacial score (nSPS) is 12.5. The molecule has 1 aromatic carbocycles. The fraction of sp³-hybridized carbons (Fsp3) is 0.533. The van der Waals surface area contributed by atoms with Crippen molar-refractivity contribution in [2.75, 3.05) is 13.2 Å². The molecule has 3 heteroatoms. The lowest BCUT2D eigenvalue weighted by Crippen LogP contribution is -2.29. The molecule has 0 aliphatic carbocycles. The van der Waals surface area contributed by atoms with Gasteiger partial charge in [-0.2, -0.15) is 0 Å². The Morgan fingerprint density at radius 1 is 1.11 bits per heavy atom. The Morgan fingerprint density at radius 2 is 1.72 bits per heavy atom. The molecule has 0 fully saturated rings. The van der Waals surface area contributed by atoms with Gasteiger partial charge in [0, 0.05) is 12.2 Å². The quantitative estimate of drug-likeness (QED) is 0.696. The molecule has 0 aliphatic rings. The van der Waals surface area contributed by atoms with Crippen LogP contribution in [0.5, 0.6) is 5.75 Å². The molecule has 0 spiro atoms. The van der Waals surface area contributed by atoms with Gasteiger partial charge in [0.2, 0.25) is 0 Å². The minimum atomic E-state index is -0.368. The van der Waals surface area contributed by atoms with E-state index in [0.717, 1.165) is 5.75 Å². The largest absolute Gasteiger partial charge is 0.494 e. The van der Waals surface area contributed by atoms with E-state index in [1.807, 2.05) is 39.8 Å². The number of rotatable bonds is 7. The van der Waals surface area contributed by atoms with Crippen molar-refractivity contribution in [1.29, 1.82) is 0 Å².